The number of hydrogen-bond donors (Lipinski definition) is 4. The molecule has 0 radical (unpaired) electrons. The first-order valence-electron chi connectivity index (χ1n) is 8.65. The van der Waals surface area contributed by atoms with E-state index >= 15 is 0 Å². The molecule has 23 heavy (non-hydrogen) atoms. The van der Waals surface area contributed by atoms with Gasteiger partial charge in [0.1, 0.15) is 0 Å². The fraction of sp³-hybridized carbons (Fsp3) is 1.00. The quantitative estimate of drug-likeness (QED) is 0.549. The summed E-state index contributed by atoms with van der Waals surface area (Å²) in [5.41, 5.74) is 0. The van der Waals surface area contributed by atoms with Gasteiger partial charge in [0.2, 0.25) is 0 Å². The molecule has 2 saturated carbocycles. The van der Waals surface area contributed by atoms with E-state index in [-0.39, 0.29) is 6.42 Å². The van der Waals surface area contributed by atoms with Crippen LogP contribution in [0, 0.1) is 5.92 Å². The van der Waals surface area contributed by atoms with E-state index in [1.165, 1.54) is 0 Å². The van der Waals surface area contributed by atoms with Crippen molar-refractivity contribution in [3.8, 4) is 0 Å². The van der Waals surface area contributed by atoms with Crippen molar-refractivity contribution < 1.29 is 28.7 Å². The van der Waals surface area contributed by atoms with Gasteiger partial charge in [-0.15, -0.1) is 0 Å². The molecule has 0 spiro atoms. The molecule has 0 heterocycles. The van der Waals surface area contributed by atoms with Crippen molar-refractivity contribution in [2.45, 2.75) is 87.9 Å². The standard InChI is InChI=1S/C15H30O6P2/c1-13(15(23(19,20)21)10-6-3-7-11-15)12-14(22(16,17)18)8-4-2-5-9-14/h13H,2-12H2,1H3,(H2,16,17,18)(H2,19,20,21). The highest BCUT2D eigenvalue weighted by Gasteiger charge is 2.56. The van der Waals surface area contributed by atoms with E-state index in [1.54, 1.807) is 6.92 Å². The first-order chi connectivity index (χ1) is 10.5. The lowest BCUT2D eigenvalue weighted by atomic mass is 9.73. The molecular formula is C15H30O6P2. The first-order valence-corrected chi connectivity index (χ1v) is 11.9. The minimum absolute atomic E-state index is 0.211. The van der Waals surface area contributed by atoms with Crippen molar-refractivity contribution in [3.05, 3.63) is 0 Å². The Balaban J connectivity index is 2.31. The Morgan fingerprint density at radius 3 is 1.61 bits per heavy atom. The molecule has 4 N–H and O–H groups in total. The molecule has 0 aliphatic heterocycles. The van der Waals surface area contributed by atoms with Crippen LogP contribution in [-0.2, 0) is 9.13 Å². The molecule has 0 aromatic carbocycles. The van der Waals surface area contributed by atoms with Crippen molar-refractivity contribution in [2.75, 3.05) is 0 Å². The van der Waals surface area contributed by atoms with Crippen LogP contribution in [-0.4, -0.2) is 29.9 Å². The Labute approximate surface area is 138 Å². The third kappa shape index (κ3) is 3.78. The lowest BCUT2D eigenvalue weighted by molar-refractivity contribution is 0.180. The van der Waals surface area contributed by atoms with Crippen LogP contribution < -0.4 is 0 Å². The van der Waals surface area contributed by atoms with Gasteiger partial charge in [0.15, 0.2) is 0 Å². The largest absolute Gasteiger partial charge is 0.331 e. The van der Waals surface area contributed by atoms with Crippen LogP contribution in [0.5, 0.6) is 0 Å². The Kier molecular flexibility index (Phi) is 5.88. The minimum atomic E-state index is -4.33. The molecule has 0 aromatic rings. The summed E-state index contributed by atoms with van der Waals surface area (Å²) in [4.78, 5) is 39.9. The van der Waals surface area contributed by atoms with Gasteiger partial charge >= 0.3 is 15.2 Å². The molecule has 1 unspecified atom stereocenters. The molecule has 2 aliphatic rings. The molecule has 0 amide bonds. The van der Waals surface area contributed by atoms with Gasteiger partial charge in [-0.1, -0.05) is 45.4 Å². The predicted octanol–water partition coefficient (Wildman–Crippen LogP) is 3.77. The monoisotopic (exact) mass is 368 g/mol. The smallest absolute Gasteiger partial charge is 0.324 e. The molecule has 0 aromatic heterocycles. The van der Waals surface area contributed by atoms with Crippen LogP contribution >= 0.6 is 15.2 Å². The van der Waals surface area contributed by atoms with E-state index < -0.39 is 31.4 Å². The zero-order chi connectivity index (χ0) is 17.4. The van der Waals surface area contributed by atoms with E-state index in [4.69, 9.17) is 0 Å². The van der Waals surface area contributed by atoms with E-state index in [9.17, 15) is 28.7 Å². The summed E-state index contributed by atoms with van der Waals surface area (Å²) in [6, 6.07) is 0. The summed E-state index contributed by atoms with van der Waals surface area (Å²) in [6.07, 6.45) is 7.08. The lowest BCUT2D eigenvalue weighted by Crippen LogP contribution is -2.44. The van der Waals surface area contributed by atoms with Gasteiger partial charge in [0.25, 0.3) is 0 Å². The summed E-state index contributed by atoms with van der Waals surface area (Å²) in [7, 11) is -8.64. The van der Waals surface area contributed by atoms with E-state index in [2.05, 4.69) is 0 Å². The molecule has 2 rings (SSSR count). The summed E-state index contributed by atoms with van der Waals surface area (Å²) < 4.78 is 24.4. The maximum Gasteiger partial charge on any atom is 0.331 e. The summed E-state index contributed by atoms with van der Waals surface area (Å²) in [5.74, 6) is -0.394. The van der Waals surface area contributed by atoms with Crippen molar-refractivity contribution in [1.82, 2.24) is 0 Å². The van der Waals surface area contributed by atoms with Gasteiger partial charge in [-0.3, -0.25) is 9.13 Å². The summed E-state index contributed by atoms with van der Waals surface area (Å²) in [6.45, 7) is 1.79. The van der Waals surface area contributed by atoms with E-state index in [0.717, 1.165) is 38.5 Å². The van der Waals surface area contributed by atoms with Gasteiger partial charge in [0, 0.05) is 0 Å². The average Bonchev–Trinajstić information content (AvgIpc) is 2.46. The second-order valence-corrected chi connectivity index (χ2v) is 11.7. The van der Waals surface area contributed by atoms with Crippen LogP contribution in [0.25, 0.3) is 0 Å². The molecule has 136 valence electrons. The van der Waals surface area contributed by atoms with Crippen LogP contribution in [0.3, 0.4) is 0 Å². The fourth-order valence-electron chi connectivity index (χ4n) is 4.82. The maximum absolute atomic E-state index is 12.2. The lowest BCUT2D eigenvalue weighted by Gasteiger charge is -2.47. The van der Waals surface area contributed by atoms with Crippen LogP contribution in [0.1, 0.15) is 77.6 Å². The summed E-state index contributed by atoms with van der Waals surface area (Å²) >= 11 is 0. The molecule has 0 saturated heterocycles. The molecule has 8 heteroatoms. The van der Waals surface area contributed by atoms with Crippen molar-refractivity contribution >= 4 is 15.2 Å². The Morgan fingerprint density at radius 1 is 0.783 bits per heavy atom. The van der Waals surface area contributed by atoms with E-state index in [1.807, 2.05) is 0 Å². The van der Waals surface area contributed by atoms with Gasteiger partial charge in [-0.25, -0.2) is 0 Å². The fourth-order valence-corrected chi connectivity index (χ4v) is 7.79. The minimum Gasteiger partial charge on any atom is -0.324 e. The average molecular weight is 368 g/mol. The highest BCUT2D eigenvalue weighted by atomic mass is 31.2. The third-order valence-corrected chi connectivity index (χ3v) is 10.2. The highest BCUT2D eigenvalue weighted by molar-refractivity contribution is 7.54. The SMILES string of the molecule is CC(CC1(P(=O)(O)O)CCCCC1)C1(P(=O)(O)O)CCCCC1. The molecule has 1 atom stereocenters. The van der Waals surface area contributed by atoms with Gasteiger partial charge < -0.3 is 19.6 Å². The molecule has 6 nitrogen and oxygen atoms in total. The zero-order valence-electron chi connectivity index (χ0n) is 13.9. The van der Waals surface area contributed by atoms with Crippen molar-refractivity contribution in [3.63, 3.8) is 0 Å². The predicted molar refractivity (Wildman–Crippen MR) is 89.5 cm³/mol. The topological polar surface area (TPSA) is 115 Å². The molecule has 2 fully saturated rings. The first kappa shape index (κ1) is 19.6. The molecule has 2 aliphatic carbocycles. The van der Waals surface area contributed by atoms with E-state index in [0.29, 0.717) is 25.7 Å². The molecule has 0 bridgehead atoms. The normalized spacial score (nSPS) is 26.7. The summed E-state index contributed by atoms with van der Waals surface area (Å²) in [5, 5.41) is -2.20. The highest BCUT2D eigenvalue weighted by Crippen LogP contribution is 2.66. The number of rotatable bonds is 5. The molecular weight excluding hydrogens is 338 g/mol. The van der Waals surface area contributed by atoms with Crippen LogP contribution in [0.4, 0.5) is 0 Å². The second kappa shape index (κ2) is 6.90. The van der Waals surface area contributed by atoms with Gasteiger partial charge in [-0.05, 0) is 38.0 Å². The van der Waals surface area contributed by atoms with Crippen LogP contribution in [0.2, 0.25) is 0 Å². The Hall–Kier alpha value is 0.300. The van der Waals surface area contributed by atoms with Crippen LogP contribution in [0.15, 0.2) is 0 Å². The Morgan fingerprint density at radius 2 is 1.22 bits per heavy atom. The third-order valence-electron chi connectivity index (χ3n) is 6.31. The van der Waals surface area contributed by atoms with Crippen molar-refractivity contribution in [2.24, 2.45) is 5.92 Å². The Bertz CT molecular complexity index is 496. The van der Waals surface area contributed by atoms with Gasteiger partial charge in [0.05, 0.1) is 10.3 Å². The number of hydrogen-bond acceptors (Lipinski definition) is 2. The van der Waals surface area contributed by atoms with Gasteiger partial charge in [-0.2, -0.15) is 0 Å². The second-order valence-electron chi connectivity index (χ2n) is 7.64. The zero-order valence-corrected chi connectivity index (χ0v) is 15.6. The maximum atomic E-state index is 12.2. The van der Waals surface area contributed by atoms with Crippen molar-refractivity contribution in [1.29, 1.82) is 0 Å².